The van der Waals surface area contributed by atoms with Gasteiger partial charge in [0.2, 0.25) is 0 Å². The Morgan fingerprint density at radius 1 is 1.30 bits per heavy atom. The Balaban J connectivity index is 1.36. The number of hydrogen-bond donors (Lipinski definition) is 1. The third kappa shape index (κ3) is 4.56. The van der Waals surface area contributed by atoms with Crippen molar-refractivity contribution in [2.24, 2.45) is 0 Å². The van der Waals surface area contributed by atoms with Crippen LogP contribution in [-0.4, -0.2) is 65.2 Å². The highest BCUT2D eigenvalue weighted by Gasteiger charge is 2.38. The molecule has 2 saturated heterocycles. The number of carbonyl (C=O) groups excluding carboxylic acids is 1. The van der Waals surface area contributed by atoms with Gasteiger partial charge in [0.1, 0.15) is 16.4 Å². The number of thiazole rings is 1. The summed E-state index contributed by atoms with van der Waals surface area (Å²) in [5, 5.41) is 14.1. The predicted octanol–water partition coefficient (Wildman–Crippen LogP) is 3.02. The number of amides is 1. The van der Waals surface area contributed by atoms with Crippen LogP contribution in [0.1, 0.15) is 46.7 Å². The van der Waals surface area contributed by atoms with Gasteiger partial charge in [-0.15, -0.1) is 11.3 Å². The summed E-state index contributed by atoms with van der Waals surface area (Å²) >= 11 is 1.58. The van der Waals surface area contributed by atoms with Crippen molar-refractivity contribution in [3.05, 3.63) is 51.7 Å². The first-order chi connectivity index (χ1) is 14.5. The molecular formula is C22H28FN3O3S. The summed E-state index contributed by atoms with van der Waals surface area (Å²) in [4.78, 5) is 21.5. The van der Waals surface area contributed by atoms with Crippen molar-refractivity contribution in [2.75, 3.05) is 33.4 Å². The lowest BCUT2D eigenvalue weighted by molar-refractivity contribution is -0.0241. The van der Waals surface area contributed by atoms with Crippen molar-refractivity contribution >= 4 is 17.2 Å². The summed E-state index contributed by atoms with van der Waals surface area (Å²) in [6.45, 7) is 3.46. The molecule has 1 amide bonds. The molecule has 0 bridgehead atoms. The molecule has 0 radical (unpaired) electrons. The van der Waals surface area contributed by atoms with Crippen molar-refractivity contribution in [3.8, 4) is 0 Å². The number of rotatable bonds is 6. The van der Waals surface area contributed by atoms with E-state index >= 15 is 0 Å². The lowest BCUT2D eigenvalue weighted by Gasteiger charge is -2.37. The number of methoxy groups -OCH3 is 1. The first kappa shape index (κ1) is 21.4. The monoisotopic (exact) mass is 433 g/mol. The molecule has 30 heavy (non-hydrogen) atoms. The number of carbonyl (C=O) groups is 1. The smallest absolute Gasteiger partial charge is 0.253 e. The Hall–Kier alpha value is -1.87. The molecule has 2 fully saturated rings. The van der Waals surface area contributed by atoms with E-state index in [0.717, 1.165) is 31.1 Å². The number of hydrogen-bond acceptors (Lipinski definition) is 6. The lowest BCUT2D eigenvalue weighted by atomic mass is 9.88. The molecule has 0 aliphatic carbocycles. The molecule has 162 valence electrons. The van der Waals surface area contributed by atoms with Crippen LogP contribution < -0.4 is 0 Å². The normalized spacial score (nSPS) is 21.8. The van der Waals surface area contributed by atoms with Gasteiger partial charge >= 0.3 is 0 Å². The molecule has 2 aromatic rings. The third-order valence-electron chi connectivity index (χ3n) is 6.19. The topological polar surface area (TPSA) is 65.9 Å². The summed E-state index contributed by atoms with van der Waals surface area (Å²) in [6.07, 6.45) is 3.21. The molecule has 4 rings (SSSR count). The van der Waals surface area contributed by atoms with Crippen LogP contribution in [0.4, 0.5) is 4.39 Å². The Labute approximate surface area is 180 Å². The van der Waals surface area contributed by atoms with Gasteiger partial charge in [0.25, 0.3) is 5.91 Å². The van der Waals surface area contributed by atoms with E-state index in [1.54, 1.807) is 23.3 Å². The molecule has 1 N–H and O–H groups in total. The molecule has 6 nitrogen and oxygen atoms in total. The summed E-state index contributed by atoms with van der Waals surface area (Å²) in [6, 6.07) is 6.02. The fourth-order valence-electron chi connectivity index (χ4n) is 4.37. The minimum absolute atomic E-state index is 0.130. The SMILES string of the molecule is COCC1CCCN1Cc1nc(C2(O)CCN(C(=O)c3ccc(F)cc3)CC2)cs1. The van der Waals surface area contributed by atoms with Crippen molar-refractivity contribution in [3.63, 3.8) is 0 Å². The lowest BCUT2D eigenvalue weighted by Crippen LogP contribution is -2.45. The fourth-order valence-corrected chi connectivity index (χ4v) is 5.28. The zero-order chi connectivity index (χ0) is 21.1. The second-order valence-electron chi connectivity index (χ2n) is 8.18. The number of halogens is 1. The van der Waals surface area contributed by atoms with Crippen LogP contribution in [0.5, 0.6) is 0 Å². The summed E-state index contributed by atoms with van der Waals surface area (Å²) < 4.78 is 18.4. The number of likely N-dealkylation sites (tertiary alicyclic amines) is 2. The van der Waals surface area contributed by atoms with E-state index in [0.29, 0.717) is 43.2 Å². The van der Waals surface area contributed by atoms with Crippen LogP contribution in [-0.2, 0) is 16.9 Å². The maximum atomic E-state index is 13.1. The Morgan fingerprint density at radius 3 is 2.73 bits per heavy atom. The van der Waals surface area contributed by atoms with Crippen molar-refractivity contribution < 1.29 is 19.0 Å². The molecule has 0 spiro atoms. The summed E-state index contributed by atoms with van der Waals surface area (Å²) in [5.74, 6) is -0.490. The van der Waals surface area contributed by atoms with E-state index < -0.39 is 5.60 Å². The van der Waals surface area contributed by atoms with E-state index in [9.17, 15) is 14.3 Å². The molecule has 1 aromatic heterocycles. The molecule has 2 aliphatic heterocycles. The van der Waals surface area contributed by atoms with Crippen LogP contribution in [0, 0.1) is 5.82 Å². The zero-order valence-corrected chi connectivity index (χ0v) is 18.0. The van der Waals surface area contributed by atoms with Gasteiger partial charge < -0.3 is 14.7 Å². The van der Waals surface area contributed by atoms with Gasteiger partial charge in [-0.2, -0.15) is 0 Å². The number of ether oxygens (including phenoxy) is 1. The van der Waals surface area contributed by atoms with Gasteiger partial charge in [0, 0.05) is 37.2 Å². The van der Waals surface area contributed by atoms with Gasteiger partial charge in [-0.1, -0.05) is 0 Å². The van der Waals surface area contributed by atoms with Crippen LogP contribution in [0.2, 0.25) is 0 Å². The van der Waals surface area contributed by atoms with E-state index in [-0.39, 0.29) is 11.7 Å². The van der Waals surface area contributed by atoms with Gasteiger partial charge in [0.05, 0.1) is 18.8 Å². The average Bonchev–Trinajstić information content (AvgIpc) is 3.40. The highest BCUT2D eigenvalue weighted by Crippen LogP contribution is 2.34. The van der Waals surface area contributed by atoms with Gasteiger partial charge in [-0.25, -0.2) is 9.37 Å². The molecule has 3 heterocycles. The highest BCUT2D eigenvalue weighted by molar-refractivity contribution is 7.09. The molecule has 2 aliphatic rings. The predicted molar refractivity (Wildman–Crippen MR) is 113 cm³/mol. The van der Waals surface area contributed by atoms with Crippen molar-refractivity contribution in [1.29, 1.82) is 0 Å². The number of aliphatic hydroxyl groups is 1. The molecule has 1 aromatic carbocycles. The van der Waals surface area contributed by atoms with E-state index in [1.165, 1.54) is 30.7 Å². The van der Waals surface area contributed by atoms with Crippen LogP contribution in [0.3, 0.4) is 0 Å². The maximum absolute atomic E-state index is 13.1. The minimum atomic E-state index is -1.01. The van der Waals surface area contributed by atoms with Crippen LogP contribution in [0.25, 0.3) is 0 Å². The fraction of sp³-hybridized carbons (Fsp3) is 0.545. The Morgan fingerprint density at radius 2 is 2.03 bits per heavy atom. The molecule has 1 atom stereocenters. The summed E-state index contributed by atoms with van der Waals surface area (Å²) in [5.41, 5.74) is 0.165. The van der Waals surface area contributed by atoms with E-state index in [1.807, 2.05) is 5.38 Å². The standard InChI is InChI=1S/C22H28FN3O3S/c1-29-14-18-3-2-10-26(18)13-20-24-19(15-30-20)22(28)8-11-25(12-9-22)21(27)16-4-6-17(23)7-5-16/h4-7,15,18,28H,2-3,8-14H2,1H3. The van der Waals surface area contributed by atoms with Gasteiger partial charge in [-0.3, -0.25) is 9.69 Å². The Kier molecular flexibility index (Phi) is 6.48. The number of benzene rings is 1. The first-order valence-electron chi connectivity index (χ1n) is 10.4. The average molecular weight is 434 g/mol. The molecule has 0 saturated carbocycles. The minimum Gasteiger partial charge on any atom is -0.383 e. The number of piperidine rings is 1. The van der Waals surface area contributed by atoms with Crippen molar-refractivity contribution in [1.82, 2.24) is 14.8 Å². The molecule has 8 heteroatoms. The van der Waals surface area contributed by atoms with Crippen LogP contribution >= 0.6 is 11.3 Å². The summed E-state index contributed by atoms with van der Waals surface area (Å²) in [7, 11) is 1.74. The number of aromatic nitrogens is 1. The van der Waals surface area contributed by atoms with Gasteiger partial charge in [-0.05, 0) is 56.5 Å². The Bertz CT molecular complexity index is 865. The maximum Gasteiger partial charge on any atom is 0.253 e. The zero-order valence-electron chi connectivity index (χ0n) is 17.2. The third-order valence-corrected chi connectivity index (χ3v) is 7.03. The van der Waals surface area contributed by atoms with Crippen molar-refractivity contribution in [2.45, 2.75) is 43.9 Å². The number of nitrogens with zero attached hydrogens (tertiary/aromatic N) is 3. The second kappa shape index (κ2) is 9.09. The second-order valence-corrected chi connectivity index (χ2v) is 9.12. The van der Waals surface area contributed by atoms with E-state index in [4.69, 9.17) is 9.72 Å². The molecular weight excluding hydrogens is 405 g/mol. The highest BCUT2D eigenvalue weighted by atomic mass is 32.1. The quantitative estimate of drug-likeness (QED) is 0.759. The largest absolute Gasteiger partial charge is 0.383 e. The first-order valence-corrected chi connectivity index (χ1v) is 11.3. The van der Waals surface area contributed by atoms with Crippen LogP contribution in [0.15, 0.2) is 29.6 Å². The molecule has 1 unspecified atom stereocenters. The van der Waals surface area contributed by atoms with E-state index in [2.05, 4.69) is 4.90 Å². The van der Waals surface area contributed by atoms with Gasteiger partial charge in [0.15, 0.2) is 0 Å².